The van der Waals surface area contributed by atoms with Gasteiger partial charge in [-0.2, -0.15) is 0 Å². The van der Waals surface area contributed by atoms with Crippen LogP contribution in [-0.4, -0.2) is 22.5 Å². The van der Waals surface area contributed by atoms with Crippen LogP contribution < -0.4 is 4.74 Å². The van der Waals surface area contributed by atoms with Crippen molar-refractivity contribution in [3.05, 3.63) is 45.6 Å². The maximum absolute atomic E-state index is 14.3. The molecule has 5 nitrogen and oxygen atoms in total. The third-order valence-corrected chi connectivity index (χ3v) is 3.90. The average molecular weight is 404 g/mol. The van der Waals surface area contributed by atoms with Crippen molar-refractivity contribution in [3.63, 3.8) is 0 Å². The summed E-state index contributed by atoms with van der Waals surface area (Å²) in [5, 5.41) is 8.93. The SMILES string of the molecule is CCC(Oc1ccc(F)c(C(C)=O)c1F)c1nc(CCO)oc1Br. The number of oxazole rings is 1. The third-order valence-electron chi connectivity index (χ3n) is 3.33. The number of carbonyl (C=O) groups excluding carboxylic acids is 1. The Labute approximate surface area is 145 Å². The van der Waals surface area contributed by atoms with Gasteiger partial charge in [-0.3, -0.25) is 4.79 Å². The van der Waals surface area contributed by atoms with Gasteiger partial charge in [0, 0.05) is 6.42 Å². The van der Waals surface area contributed by atoms with Gasteiger partial charge in [0.2, 0.25) is 0 Å². The normalized spacial score (nSPS) is 12.2. The topological polar surface area (TPSA) is 72.6 Å². The molecule has 24 heavy (non-hydrogen) atoms. The lowest BCUT2D eigenvalue weighted by atomic mass is 10.1. The molecule has 2 rings (SSSR count). The van der Waals surface area contributed by atoms with Gasteiger partial charge in [0.15, 0.2) is 27.9 Å². The number of hydrogen-bond donors (Lipinski definition) is 1. The molecule has 1 atom stereocenters. The molecule has 0 aliphatic heterocycles. The van der Waals surface area contributed by atoms with Crippen molar-refractivity contribution in [3.8, 4) is 5.75 Å². The fourth-order valence-corrected chi connectivity index (χ4v) is 2.72. The number of benzene rings is 1. The van der Waals surface area contributed by atoms with Crippen molar-refractivity contribution in [2.75, 3.05) is 6.61 Å². The molecule has 1 heterocycles. The predicted octanol–water partition coefficient (Wildman–Crippen LogP) is 3.98. The van der Waals surface area contributed by atoms with Gasteiger partial charge in [-0.1, -0.05) is 6.92 Å². The Morgan fingerprint density at radius 1 is 1.46 bits per heavy atom. The summed E-state index contributed by atoms with van der Waals surface area (Å²) in [4.78, 5) is 15.6. The lowest BCUT2D eigenvalue weighted by Crippen LogP contribution is -2.11. The zero-order valence-electron chi connectivity index (χ0n) is 13.1. The highest BCUT2D eigenvalue weighted by Crippen LogP contribution is 2.33. The number of ether oxygens (including phenoxy) is 1. The van der Waals surface area contributed by atoms with Crippen molar-refractivity contribution in [1.82, 2.24) is 4.98 Å². The highest BCUT2D eigenvalue weighted by atomic mass is 79.9. The molecule has 0 fully saturated rings. The fraction of sp³-hybridized carbons (Fsp3) is 0.375. The van der Waals surface area contributed by atoms with Crippen LogP contribution in [0.2, 0.25) is 0 Å². The number of aliphatic hydroxyl groups is 1. The van der Waals surface area contributed by atoms with E-state index in [1.54, 1.807) is 6.92 Å². The Morgan fingerprint density at radius 3 is 2.75 bits per heavy atom. The van der Waals surface area contributed by atoms with Crippen LogP contribution in [0.5, 0.6) is 5.75 Å². The molecule has 1 aromatic carbocycles. The Balaban J connectivity index is 2.34. The second-order valence-corrected chi connectivity index (χ2v) is 5.77. The van der Waals surface area contributed by atoms with Crippen LogP contribution in [0.25, 0.3) is 0 Å². The van der Waals surface area contributed by atoms with E-state index in [0.29, 0.717) is 22.7 Å². The van der Waals surface area contributed by atoms with E-state index in [2.05, 4.69) is 20.9 Å². The molecular formula is C16H16BrF2NO4. The summed E-state index contributed by atoms with van der Waals surface area (Å²) >= 11 is 3.21. The molecule has 1 aromatic heterocycles. The number of rotatable bonds is 7. The summed E-state index contributed by atoms with van der Waals surface area (Å²) in [5.74, 6) is -2.64. The van der Waals surface area contributed by atoms with Crippen molar-refractivity contribution < 1.29 is 27.8 Å². The molecule has 0 aliphatic rings. The van der Waals surface area contributed by atoms with Crippen molar-refractivity contribution in [2.45, 2.75) is 32.8 Å². The van der Waals surface area contributed by atoms with Crippen LogP contribution in [0.15, 0.2) is 21.2 Å². The third kappa shape index (κ3) is 3.81. The molecule has 8 heteroatoms. The van der Waals surface area contributed by atoms with Gasteiger partial charge in [0.25, 0.3) is 0 Å². The summed E-state index contributed by atoms with van der Waals surface area (Å²) in [5.41, 5.74) is -0.239. The summed E-state index contributed by atoms with van der Waals surface area (Å²) in [7, 11) is 0. The van der Waals surface area contributed by atoms with Gasteiger partial charge >= 0.3 is 0 Å². The highest BCUT2D eigenvalue weighted by Gasteiger charge is 2.25. The van der Waals surface area contributed by atoms with Gasteiger partial charge in [0.1, 0.15) is 17.6 Å². The maximum Gasteiger partial charge on any atom is 0.198 e. The first kappa shape index (κ1) is 18.5. The number of aliphatic hydroxyl groups excluding tert-OH is 1. The van der Waals surface area contributed by atoms with Gasteiger partial charge in [-0.05, 0) is 41.4 Å². The van der Waals surface area contributed by atoms with Crippen molar-refractivity contribution in [1.29, 1.82) is 0 Å². The van der Waals surface area contributed by atoms with Crippen LogP contribution >= 0.6 is 15.9 Å². The Kier molecular flexibility index (Phi) is 6.06. The molecule has 0 spiro atoms. The van der Waals surface area contributed by atoms with Crippen LogP contribution in [0.4, 0.5) is 8.78 Å². The summed E-state index contributed by atoms with van der Waals surface area (Å²) < 4.78 is 39.2. The molecule has 0 saturated heterocycles. The number of aromatic nitrogens is 1. The molecule has 1 unspecified atom stereocenters. The Morgan fingerprint density at radius 2 is 2.17 bits per heavy atom. The molecule has 0 amide bonds. The Bertz CT molecular complexity index is 748. The highest BCUT2D eigenvalue weighted by molar-refractivity contribution is 9.10. The molecule has 130 valence electrons. The number of carbonyl (C=O) groups is 1. The molecule has 0 aliphatic carbocycles. The lowest BCUT2D eigenvalue weighted by Gasteiger charge is -2.17. The first-order valence-corrected chi connectivity index (χ1v) is 8.09. The van der Waals surface area contributed by atoms with Crippen molar-refractivity contribution in [2.24, 2.45) is 0 Å². The van der Waals surface area contributed by atoms with E-state index in [0.717, 1.165) is 19.1 Å². The van der Waals surface area contributed by atoms with E-state index in [-0.39, 0.29) is 18.8 Å². The molecule has 0 bridgehead atoms. The molecular weight excluding hydrogens is 388 g/mol. The summed E-state index contributed by atoms with van der Waals surface area (Å²) in [6.45, 7) is 2.75. The van der Waals surface area contributed by atoms with Gasteiger partial charge < -0.3 is 14.3 Å². The number of nitrogens with zero attached hydrogens (tertiary/aromatic N) is 1. The van der Waals surface area contributed by atoms with E-state index in [1.165, 1.54) is 0 Å². The van der Waals surface area contributed by atoms with E-state index in [4.69, 9.17) is 14.3 Å². The van der Waals surface area contributed by atoms with Gasteiger partial charge in [-0.25, -0.2) is 13.8 Å². The van der Waals surface area contributed by atoms with Crippen LogP contribution in [0, 0.1) is 11.6 Å². The smallest absolute Gasteiger partial charge is 0.198 e. The van der Waals surface area contributed by atoms with E-state index >= 15 is 0 Å². The second kappa shape index (κ2) is 7.85. The molecule has 0 saturated carbocycles. The average Bonchev–Trinajstić information content (AvgIpc) is 2.87. The largest absolute Gasteiger partial charge is 0.481 e. The minimum absolute atomic E-state index is 0.126. The van der Waals surface area contributed by atoms with E-state index < -0.39 is 29.1 Å². The first-order valence-electron chi connectivity index (χ1n) is 7.30. The Hall–Kier alpha value is -1.80. The number of hydrogen-bond acceptors (Lipinski definition) is 5. The lowest BCUT2D eigenvalue weighted by molar-refractivity contribution is 0.100. The first-order chi connectivity index (χ1) is 11.4. The van der Waals surface area contributed by atoms with Crippen molar-refractivity contribution >= 4 is 21.7 Å². The van der Waals surface area contributed by atoms with Crippen LogP contribution in [-0.2, 0) is 6.42 Å². The minimum Gasteiger partial charge on any atom is -0.481 e. The van der Waals surface area contributed by atoms with E-state index in [1.807, 2.05) is 0 Å². The molecule has 0 radical (unpaired) electrons. The standard InChI is InChI=1S/C16H16BrF2NO4/c1-3-10(15-16(17)24-12(20-15)6-7-21)23-11-5-4-9(18)13(8(2)22)14(11)19/h4-5,10,21H,3,6-7H2,1-2H3. The summed E-state index contributed by atoms with van der Waals surface area (Å²) in [6.07, 6.45) is -0.0139. The zero-order valence-corrected chi connectivity index (χ0v) is 14.7. The number of halogens is 3. The van der Waals surface area contributed by atoms with Gasteiger partial charge in [-0.15, -0.1) is 0 Å². The second-order valence-electron chi connectivity index (χ2n) is 5.05. The maximum atomic E-state index is 14.3. The monoisotopic (exact) mass is 403 g/mol. The number of ketones is 1. The fourth-order valence-electron chi connectivity index (χ4n) is 2.19. The minimum atomic E-state index is -1.05. The quantitative estimate of drug-likeness (QED) is 0.707. The molecule has 1 N–H and O–H groups in total. The van der Waals surface area contributed by atoms with Gasteiger partial charge in [0.05, 0.1) is 12.2 Å². The predicted molar refractivity (Wildman–Crippen MR) is 85.0 cm³/mol. The molecule has 2 aromatic rings. The van der Waals surface area contributed by atoms with E-state index in [9.17, 15) is 13.6 Å². The summed E-state index contributed by atoms with van der Waals surface area (Å²) in [6, 6.07) is 2.11. The van der Waals surface area contributed by atoms with Crippen LogP contribution in [0.3, 0.4) is 0 Å². The number of Topliss-reactive ketones (excluding diaryl/α,β-unsaturated/α-hetero) is 1. The van der Waals surface area contributed by atoms with Crippen LogP contribution in [0.1, 0.15) is 48.3 Å². The zero-order chi connectivity index (χ0) is 17.9.